The van der Waals surface area contributed by atoms with Crippen LogP contribution in [0.4, 0.5) is 11.6 Å². The molecule has 10 heteroatoms. The molecule has 2 aliphatic heterocycles. The van der Waals surface area contributed by atoms with Gasteiger partial charge in [-0.25, -0.2) is 8.42 Å². The zero-order chi connectivity index (χ0) is 22.0. The van der Waals surface area contributed by atoms with Crippen LogP contribution in [0.3, 0.4) is 0 Å². The number of morpholine rings is 1. The maximum Gasteiger partial charge on any atom is 0.243 e. The molecule has 168 valence electrons. The standard InChI is InChI=1S/C21H29N5O4S/c1-16-17(2)19(5-4-18(16)29-3)31(27,28)26-10-8-24(9-11-26)20-6-7-21(23-22-20)25-12-14-30-15-13-25/h4-7H,8-15H2,1-3H3. The van der Waals surface area contributed by atoms with Crippen molar-refractivity contribution >= 4 is 21.7 Å². The zero-order valence-electron chi connectivity index (χ0n) is 18.2. The molecule has 0 spiro atoms. The number of sulfonamides is 1. The predicted molar refractivity (Wildman–Crippen MR) is 119 cm³/mol. The molecular formula is C21H29N5O4S. The molecule has 2 aliphatic rings. The summed E-state index contributed by atoms with van der Waals surface area (Å²) in [6.45, 7) is 8.68. The Morgan fingerprint density at radius 1 is 0.839 bits per heavy atom. The SMILES string of the molecule is COc1ccc(S(=O)(=O)N2CCN(c3ccc(N4CCOCC4)nn3)CC2)c(C)c1C. The summed E-state index contributed by atoms with van der Waals surface area (Å²) in [5.74, 6) is 2.31. The van der Waals surface area contributed by atoms with Gasteiger partial charge in [0.1, 0.15) is 5.75 Å². The molecular weight excluding hydrogens is 418 g/mol. The number of piperazine rings is 1. The Hall–Kier alpha value is -2.43. The van der Waals surface area contributed by atoms with Gasteiger partial charge in [0.25, 0.3) is 0 Å². The van der Waals surface area contributed by atoms with E-state index in [2.05, 4.69) is 20.0 Å². The van der Waals surface area contributed by atoms with Gasteiger partial charge in [-0.2, -0.15) is 4.31 Å². The second kappa shape index (κ2) is 8.97. The lowest BCUT2D eigenvalue weighted by atomic mass is 10.1. The summed E-state index contributed by atoms with van der Waals surface area (Å²) in [6.07, 6.45) is 0. The second-order valence-corrected chi connectivity index (χ2v) is 9.66. The van der Waals surface area contributed by atoms with Crippen molar-refractivity contribution in [3.8, 4) is 5.75 Å². The normalized spacial score (nSPS) is 18.3. The number of nitrogens with zero attached hydrogens (tertiary/aromatic N) is 5. The number of aromatic nitrogens is 2. The number of ether oxygens (including phenoxy) is 2. The first kappa shape index (κ1) is 21.8. The van der Waals surface area contributed by atoms with Crippen molar-refractivity contribution < 1.29 is 17.9 Å². The van der Waals surface area contributed by atoms with Crippen LogP contribution in [0.25, 0.3) is 0 Å². The zero-order valence-corrected chi connectivity index (χ0v) is 19.1. The van der Waals surface area contributed by atoms with Crippen molar-refractivity contribution in [3.63, 3.8) is 0 Å². The van der Waals surface area contributed by atoms with Crippen molar-refractivity contribution in [1.82, 2.24) is 14.5 Å². The molecule has 3 heterocycles. The number of methoxy groups -OCH3 is 1. The van der Waals surface area contributed by atoms with Crippen molar-refractivity contribution in [1.29, 1.82) is 0 Å². The van der Waals surface area contributed by atoms with Gasteiger partial charge in [-0.3, -0.25) is 0 Å². The van der Waals surface area contributed by atoms with E-state index in [0.29, 0.717) is 50.0 Å². The lowest BCUT2D eigenvalue weighted by Crippen LogP contribution is -2.49. The minimum Gasteiger partial charge on any atom is -0.496 e. The molecule has 0 N–H and O–H groups in total. The Kier molecular flexibility index (Phi) is 6.31. The van der Waals surface area contributed by atoms with Crippen LogP contribution in [0.1, 0.15) is 11.1 Å². The second-order valence-electron chi connectivity index (χ2n) is 7.76. The van der Waals surface area contributed by atoms with E-state index in [1.807, 2.05) is 26.0 Å². The summed E-state index contributed by atoms with van der Waals surface area (Å²) in [6, 6.07) is 7.29. The van der Waals surface area contributed by atoms with Crippen LogP contribution >= 0.6 is 0 Å². The Labute approximate surface area is 183 Å². The van der Waals surface area contributed by atoms with E-state index in [9.17, 15) is 8.42 Å². The van der Waals surface area contributed by atoms with Crippen molar-refractivity contribution in [3.05, 3.63) is 35.4 Å². The Balaban J connectivity index is 1.43. The first-order chi connectivity index (χ1) is 14.9. The van der Waals surface area contributed by atoms with Gasteiger partial charge in [0, 0.05) is 39.3 Å². The molecule has 0 bridgehead atoms. The van der Waals surface area contributed by atoms with Crippen LogP contribution in [0.2, 0.25) is 0 Å². The molecule has 0 atom stereocenters. The van der Waals surface area contributed by atoms with Gasteiger partial charge in [0.05, 0.1) is 25.2 Å². The van der Waals surface area contributed by atoms with Gasteiger partial charge < -0.3 is 19.3 Å². The highest BCUT2D eigenvalue weighted by Gasteiger charge is 2.31. The monoisotopic (exact) mass is 447 g/mol. The van der Waals surface area contributed by atoms with Crippen LogP contribution in [-0.2, 0) is 14.8 Å². The van der Waals surface area contributed by atoms with Gasteiger partial charge in [0.2, 0.25) is 10.0 Å². The molecule has 0 unspecified atom stereocenters. The third-order valence-electron chi connectivity index (χ3n) is 6.06. The number of hydrogen-bond acceptors (Lipinski definition) is 8. The van der Waals surface area contributed by atoms with Gasteiger partial charge in [0.15, 0.2) is 11.6 Å². The van der Waals surface area contributed by atoms with Crippen molar-refractivity contribution in [2.75, 3.05) is 69.4 Å². The van der Waals surface area contributed by atoms with Gasteiger partial charge in [-0.15, -0.1) is 10.2 Å². The molecule has 2 saturated heterocycles. The van der Waals surface area contributed by atoms with Gasteiger partial charge in [-0.1, -0.05) is 0 Å². The molecule has 9 nitrogen and oxygen atoms in total. The van der Waals surface area contributed by atoms with E-state index in [1.54, 1.807) is 23.5 Å². The van der Waals surface area contributed by atoms with Gasteiger partial charge >= 0.3 is 0 Å². The molecule has 1 aromatic carbocycles. The Bertz CT molecular complexity index is 1010. The van der Waals surface area contributed by atoms with Gasteiger partial charge in [-0.05, 0) is 49.2 Å². The lowest BCUT2D eigenvalue weighted by Gasteiger charge is -2.35. The number of anilines is 2. The summed E-state index contributed by atoms with van der Waals surface area (Å²) in [5.41, 5.74) is 1.57. The minimum absolute atomic E-state index is 0.342. The molecule has 1 aromatic heterocycles. The first-order valence-electron chi connectivity index (χ1n) is 10.5. The summed E-state index contributed by atoms with van der Waals surface area (Å²) in [7, 11) is -1.98. The van der Waals surface area contributed by atoms with E-state index >= 15 is 0 Å². The Morgan fingerprint density at radius 2 is 1.42 bits per heavy atom. The van der Waals surface area contributed by atoms with E-state index in [-0.39, 0.29) is 0 Å². The number of benzene rings is 1. The predicted octanol–water partition coefficient (Wildman–Crippen LogP) is 1.45. The molecule has 0 saturated carbocycles. The largest absolute Gasteiger partial charge is 0.496 e. The summed E-state index contributed by atoms with van der Waals surface area (Å²) in [5, 5.41) is 8.74. The average Bonchev–Trinajstić information content (AvgIpc) is 2.81. The third kappa shape index (κ3) is 4.32. The smallest absolute Gasteiger partial charge is 0.243 e. The van der Waals surface area contributed by atoms with E-state index in [0.717, 1.165) is 35.9 Å². The van der Waals surface area contributed by atoms with Crippen LogP contribution < -0.4 is 14.5 Å². The fraction of sp³-hybridized carbons (Fsp3) is 0.524. The maximum absolute atomic E-state index is 13.2. The highest BCUT2D eigenvalue weighted by molar-refractivity contribution is 7.89. The van der Waals surface area contributed by atoms with E-state index in [1.165, 1.54) is 0 Å². The molecule has 0 aliphatic carbocycles. The molecule has 31 heavy (non-hydrogen) atoms. The molecule has 4 rings (SSSR count). The highest BCUT2D eigenvalue weighted by atomic mass is 32.2. The summed E-state index contributed by atoms with van der Waals surface area (Å²) in [4.78, 5) is 4.58. The number of hydrogen-bond donors (Lipinski definition) is 0. The third-order valence-corrected chi connectivity index (χ3v) is 8.10. The topological polar surface area (TPSA) is 88.1 Å². The molecule has 0 amide bonds. The van der Waals surface area contributed by atoms with E-state index in [4.69, 9.17) is 9.47 Å². The maximum atomic E-state index is 13.2. The summed E-state index contributed by atoms with van der Waals surface area (Å²) >= 11 is 0. The van der Waals surface area contributed by atoms with Crippen molar-refractivity contribution in [2.24, 2.45) is 0 Å². The lowest BCUT2D eigenvalue weighted by molar-refractivity contribution is 0.122. The molecule has 2 aromatic rings. The van der Waals surface area contributed by atoms with Crippen molar-refractivity contribution in [2.45, 2.75) is 18.7 Å². The Morgan fingerprint density at radius 3 is 1.97 bits per heavy atom. The number of rotatable bonds is 5. The van der Waals surface area contributed by atoms with Crippen LogP contribution in [-0.4, -0.2) is 82.5 Å². The van der Waals surface area contributed by atoms with E-state index < -0.39 is 10.0 Å². The fourth-order valence-electron chi connectivity index (χ4n) is 4.02. The quantitative estimate of drug-likeness (QED) is 0.681. The minimum atomic E-state index is -3.57. The molecule has 2 fully saturated rings. The average molecular weight is 448 g/mol. The van der Waals surface area contributed by atoms with Crippen LogP contribution in [0.15, 0.2) is 29.2 Å². The first-order valence-corrected chi connectivity index (χ1v) is 11.9. The highest BCUT2D eigenvalue weighted by Crippen LogP contribution is 2.29. The molecule has 0 radical (unpaired) electrons. The van der Waals surface area contributed by atoms with Crippen LogP contribution in [0.5, 0.6) is 5.75 Å². The summed E-state index contributed by atoms with van der Waals surface area (Å²) < 4.78 is 38.7. The van der Waals surface area contributed by atoms with Crippen LogP contribution in [0, 0.1) is 13.8 Å². The fourth-order valence-corrected chi connectivity index (χ4v) is 5.72.